The van der Waals surface area contributed by atoms with E-state index in [0.717, 1.165) is 15.9 Å². The number of hydrogen-bond acceptors (Lipinski definition) is 5. The predicted octanol–water partition coefficient (Wildman–Crippen LogP) is 4.02. The molecule has 0 aliphatic rings. The summed E-state index contributed by atoms with van der Waals surface area (Å²) in [7, 11) is 0. The Hall–Kier alpha value is -1.99. The van der Waals surface area contributed by atoms with Gasteiger partial charge >= 0.3 is 0 Å². The number of hydrogen-bond donors (Lipinski definition) is 0. The maximum Gasteiger partial charge on any atom is 0.175 e. The quantitative estimate of drug-likeness (QED) is 0.476. The third-order valence-electron chi connectivity index (χ3n) is 3.37. The molecular formula is C17H15BrN4OS. The molecule has 24 heavy (non-hydrogen) atoms. The summed E-state index contributed by atoms with van der Waals surface area (Å²) in [6.45, 7) is 3.91. The van der Waals surface area contributed by atoms with E-state index in [4.69, 9.17) is 0 Å². The molecule has 1 aromatic carbocycles. The predicted molar refractivity (Wildman–Crippen MR) is 97.8 cm³/mol. The molecule has 3 rings (SSSR count). The van der Waals surface area contributed by atoms with Gasteiger partial charge in [0.25, 0.3) is 0 Å². The van der Waals surface area contributed by atoms with E-state index in [1.807, 2.05) is 56.3 Å². The molecule has 2 aromatic heterocycles. The molecule has 0 aliphatic carbocycles. The van der Waals surface area contributed by atoms with Crippen LogP contribution in [-0.4, -0.2) is 31.5 Å². The highest BCUT2D eigenvalue weighted by molar-refractivity contribution is 9.10. The lowest BCUT2D eigenvalue weighted by Gasteiger charge is -2.04. The molecule has 0 saturated carbocycles. The fourth-order valence-corrected chi connectivity index (χ4v) is 3.20. The Labute approximate surface area is 152 Å². The number of thioether (sulfide) groups is 1. The summed E-state index contributed by atoms with van der Waals surface area (Å²) < 4.78 is 2.71. The van der Waals surface area contributed by atoms with Crippen LogP contribution in [0, 0.1) is 13.8 Å². The van der Waals surface area contributed by atoms with Crippen molar-refractivity contribution in [1.82, 2.24) is 20.0 Å². The highest BCUT2D eigenvalue weighted by atomic mass is 79.9. The number of nitrogens with zero attached hydrogens (tertiary/aromatic N) is 4. The van der Waals surface area contributed by atoms with Crippen molar-refractivity contribution in [2.24, 2.45) is 0 Å². The Morgan fingerprint density at radius 2 is 1.88 bits per heavy atom. The second kappa shape index (κ2) is 7.27. The number of carbonyl (C=O) groups excluding carboxylic acids is 1. The van der Waals surface area contributed by atoms with Gasteiger partial charge in [-0.2, -0.15) is 5.10 Å². The lowest BCUT2D eigenvalue weighted by molar-refractivity contribution is 0.102. The van der Waals surface area contributed by atoms with Gasteiger partial charge in [-0.15, -0.1) is 10.2 Å². The van der Waals surface area contributed by atoms with E-state index in [2.05, 4.69) is 31.2 Å². The summed E-state index contributed by atoms with van der Waals surface area (Å²) in [5.74, 6) is 1.07. The molecule has 0 spiro atoms. The molecule has 0 aliphatic heterocycles. The largest absolute Gasteiger partial charge is 0.293 e. The Morgan fingerprint density at radius 1 is 1.12 bits per heavy atom. The fourth-order valence-electron chi connectivity index (χ4n) is 2.22. The molecule has 0 N–H and O–H groups in total. The Morgan fingerprint density at radius 3 is 2.46 bits per heavy atom. The van der Waals surface area contributed by atoms with Crippen LogP contribution in [0.5, 0.6) is 0 Å². The first-order chi connectivity index (χ1) is 11.5. The molecule has 0 amide bonds. The molecule has 7 heteroatoms. The van der Waals surface area contributed by atoms with Gasteiger partial charge in [0.05, 0.1) is 11.4 Å². The smallest absolute Gasteiger partial charge is 0.175 e. The summed E-state index contributed by atoms with van der Waals surface area (Å²) >= 11 is 4.74. The van der Waals surface area contributed by atoms with E-state index in [1.54, 1.807) is 4.68 Å². The molecule has 5 nitrogen and oxygen atoms in total. The average molecular weight is 403 g/mol. The van der Waals surface area contributed by atoms with Gasteiger partial charge in [0.1, 0.15) is 5.03 Å². The Balaban J connectivity index is 1.65. The second-order valence-corrected chi connectivity index (χ2v) is 7.20. The highest BCUT2D eigenvalue weighted by Crippen LogP contribution is 2.19. The monoisotopic (exact) mass is 402 g/mol. The average Bonchev–Trinajstić information content (AvgIpc) is 2.92. The maximum absolute atomic E-state index is 12.2. The normalized spacial score (nSPS) is 10.8. The number of benzene rings is 1. The van der Waals surface area contributed by atoms with Crippen LogP contribution in [0.15, 0.2) is 52.0 Å². The van der Waals surface area contributed by atoms with E-state index in [9.17, 15) is 4.79 Å². The first-order valence-electron chi connectivity index (χ1n) is 7.32. The van der Waals surface area contributed by atoms with Crippen LogP contribution in [0.2, 0.25) is 0 Å². The number of aromatic nitrogens is 4. The summed E-state index contributed by atoms with van der Waals surface area (Å²) in [6.07, 6.45) is 0. The van der Waals surface area contributed by atoms with Crippen LogP contribution in [0.4, 0.5) is 0 Å². The minimum Gasteiger partial charge on any atom is -0.293 e. The third-order valence-corrected chi connectivity index (χ3v) is 4.82. The zero-order valence-electron chi connectivity index (χ0n) is 13.2. The molecular weight excluding hydrogens is 388 g/mol. The standard InChI is InChI=1S/C17H15BrN4OS/c1-11-9-12(2)22(21-11)16-7-8-17(20-19-16)24-10-15(23)13-3-5-14(18)6-4-13/h3-9H,10H2,1-2H3. The molecule has 0 fully saturated rings. The van der Waals surface area contributed by atoms with E-state index in [-0.39, 0.29) is 5.78 Å². The van der Waals surface area contributed by atoms with Gasteiger partial charge in [-0.25, -0.2) is 4.68 Å². The summed E-state index contributed by atoms with van der Waals surface area (Å²) in [5, 5.41) is 13.5. The van der Waals surface area contributed by atoms with Crippen molar-refractivity contribution in [2.45, 2.75) is 18.9 Å². The summed E-state index contributed by atoms with van der Waals surface area (Å²) in [4.78, 5) is 12.2. The number of ketones is 1. The van der Waals surface area contributed by atoms with E-state index < -0.39 is 0 Å². The van der Waals surface area contributed by atoms with Crippen molar-refractivity contribution in [3.63, 3.8) is 0 Å². The molecule has 0 radical (unpaired) electrons. The zero-order valence-corrected chi connectivity index (χ0v) is 15.6. The highest BCUT2D eigenvalue weighted by Gasteiger charge is 2.09. The summed E-state index contributed by atoms with van der Waals surface area (Å²) in [6, 6.07) is 13.1. The topological polar surface area (TPSA) is 60.7 Å². The minimum absolute atomic E-state index is 0.0666. The first kappa shape index (κ1) is 16.9. The van der Waals surface area contributed by atoms with E-state index in [1.165, 1.54) is 11.8 Å². The maximum atomic E-state index is 12.2. The number of Topliss-reactive ketones (excluding diaryl/α,β-unsaturated/α-hetero) is 1. The van der Waals surface area contributed by atoms with Crippen molar-refractivity contribution in [3.05, 3.63) is 63.9 Å². The van der Waals surface area contributed by atoms with Gasteiger partial charge in [0, 0.05) is 15.7 Å². The van der Waals surface area contributed by atoms with Gasteiger partial charge in [-0.05, 0) is 44.2 Å². The molecule has 0 unspecified atom stereocenters. The van der Waals surface area contributed by atoms with Crippen LogP contribution in [0.25, 0.3) is 5.82 Å². The third kappa shape index (κ3) is 3.91. The Kier molecular flexibility index (Phi) is 5.11. The van der Waals surface area contributed by atoms with Crippen molar-refractivity contribution in [3.8, 4) is 5.82 Å². The number of carbonyl (C=O) groups is 1. The molecule has 3 aromatic rings. The molecule has 0 atom stereocenters. The molecule has 2 heterocycles. The molecule has 0 bridgehead atoms. The van der Waals surface area contributed by atoms with Gasteiger partial charge < -0.3 is 0 Å². The van der Waals surface area contributed by atoms with Crippen molar-refractivity contribution in [1.29, 1.82) is 0 Å². The van der Waals surface area contributed by atoms with Gasteiger partial charge in [-0.1, -0.05) is 39.8 Å². The molecule has 122 valence electrons. The van der Waals surface area contributed by atoms with E-state index >= 15 is 0 Å². The van der Waals surface area contributed by atoms with Gasteiger partial charge in [-0.3, -0.25) is 4.79 Å². The lowest BCUT2D eigenvalue weighted by Crippen LogP contribution is -2.05. The number of rotatable bonds is 5. The molecule has 0 saturated heterocycles. The summed E-state index contributed by atoms with van der Waals surface area (Å²) in [5.41, 5.74) is 2.64. The minimum atomic E-state index is 0.0666. The van der Waals surface area contributed by atoms with E-state index in [0.29, 0.717) is 22.2 Å². The van der Waals surface area contributed by atoms with Crippen LogP contribution in [0.1, 0.15) is 21.7 Å². The Bertz CT molecular complexity index is 859. The first-order valence-corrected chi connectivity index (χ1v) is 9.10. The van der Waals surface area contributed by atoms with Crippen LogP contribution >= 0.6 is 27.7 Å². The van der Waals surface area contributed by atoms with Crippen molar-refractivity contribution in [2.75, 3.05) is 5.75 Å². The number of halogens is 1. The van der Waals surface area contributed by atoms with Gasteiger partial charge in [0.15, 0.2) is 11.6 Å². The second-order valence-electron chi connectivity index (χ2n) is 5.29. The lowest BCUT2D eigenvalue weighted by atomic mass is 10.2. The van der Waals surface area contributed by atoms with Crippen LogP contribution in [-0.2, 0) is 0 Å². The number of aryl methyl sites for hydroxylation is 2. The zero-order chi connectivity index (χ0) is 17.1. The van der Waals surface area contributed by atoms with Crippen molar-refractivity contribution >= 4 is 33.5 Å². The SMILES string of the molecule is Cc1cc(C)n(-c2ccc(SCC(=O)c3ccc(Br)cc3)nn2)n1. The van der Waals surface area contributed by atoms with Crippen molar-refractivity contribution < 1.29 is 4.79 Å². The van der Waals surface area contributed by atoms with Crippen LogP contribution in [0.3, 0.4) is 0 Å². The fraction of sp³-hybridized carbons (Fsp3) is 0.176. The van der Waals surface area contributed by atoms with Crippen LogP contribution < -0.4 is 0 Å². The van der Waals surface area contributed by atoms with Gasteiger partial charge in [0.2, 0.25) is 0 Å².